The van der Waals surface area contributed by atoms with Crippen LogP contribution in [0.4, 0.5) is 0 Å². The number of hydrogen-bond acceptors (Lipinski definition) is 2. The van der Waals surface area contributed by atoms with Crippen LogP contribution in [0.3, 0.4) is 0 Å². The average molecular weight is 295 g/mol. The van der Waals surface area contributed by atoms with Crippen molar-refractivity contribution in [1.82, 2.24) is 10.2 Å². The second-order valence-corrected chi connectivity index (χ2v) is 6.27. The molecule has 0 bridgehead atoms. The number of halogens is 1. The van der Waals surface area contributed by atoms with E-state index in [1.54, 1.807) is 0 Å². The molecule has 1 aromatic rings. The standard InChI is InChI=1S/C16H23ClN2O/c1-4-9-19-15(12-5-7-13(17)8-6-12)18-14(16(19)20)10-11(2)3/h5-8,11,14-15,18H,4,9-10H2,1-3H3. The number of carbonyl (C=O) groups is 1. The number of rotatable bonds is 5. The molecule has 1 aromatic carbocycles. The maximum absolute atomic E-state index is 12.5. The van der Waals surface area contributed by atoms with E-state index in [2.05, 4.69) is 26.1 Å². The third kappa shape index (κ3) is 3.33. The SMILES string of the molecule is CCCN1C(=O)C(CC(C)C)NC1c1ccc(Cl)cc1. The Morgan fingerprint density at radius 2 is 1.95 bits per heavy atom. The van der Waals surface area contributed by atoms with Gasteiger partial charge >= 0.3 is 0 Å². The molecule has 1 heterocycles. The quantitative estimate of drug-likeness (QED) is 0.900. The largest absolute Gasteiger partial charge is 0.322 e. The van der Waals surface area contributed by atoms with Crippen LogP contribution in [0.5, 0.6) is 0 Å². The number of nitrogens with zero attached hydrogens (tertiary/aromatic N) is 1. The van der Waals surface area contributed by atoms with Crippen LogP contribution in [-0.4, -0.2) is 23.4 Å². The van der Waals surface area contributed by atoms with Crippen molar-refractivity contribution < 1.29 is 4.79 Å². The lowest BCUT2D eigenvalue weighted by Gasteiger charge is -2.24. The van der Waals surface area contributed by atoms with E-state index in [9.17, 15) is 4.79 Å². The summed E-state index contributed by atoms with van der Waals surface area (Å²) in [6.07, 6.45) is 1.82. The molecule has 4 heteroatoms. The summed E-state index contributed by atoms with van der Waals surface area (Å²) in [5.41, 5.74) is 1.10. The molecule has 2 atom stereocenters. The van der Waals surface area contributed by atoms with E-state index in [0.29, 0.717) is 5.92 Å². The first kappa shape index (κ1) is 15.3. The summed E-state index contributed by atoms with van der Waals surface area (Å²) in [6, 6.07) is 7.68. The zero-order chi connectivity index (χ0) is 14.7. The lowest BCUT2D eigenvalue weighted by Crippen LogP contribution is -2.32. The number of nitrogens with one attached hydrogen (secondary N) is 1. The highest BCUT2D eigenvalue weighted by atomic mass is 35.5. The fourth-order valence-electron chi connectivity index (χ4n) is 2.72. The third-order valence-electron chi connectivity index (χ3n) is 3.61. The van der Waals surface area contributed by atoms with E-state index in [1.165, 1.54) is 0 Å². The summed E-state index contributed by atoms with van der Waals surface area (Å²) in [7, 11) is 0. The Morgan fingerprint density at radius 3 is 2.50 bits per heavy atom. The van der Waals surface area contributed by atoms with Crippen molar-refractivity contribution in [1.29, 1.82) is 0 Å². The lowest BCUT2D eigenvalue weighted by atomic mass is 10.0. The van der Waals surface area contributed by atoms with Crippen molar-refractivity contribution in [2.45, 2.75) is 45.8 Å². The molecule has 1 saturated heterocycles. The first-order chi connectivity index (χ1) is 9.52. The van der Waals surface area contributed by atoms with Crippen molar-refractivity contribution in [3.63, 3.8) is 0 Å². The molecule has 110 valence electrons. The van der Waals surface area contributed by atoms with Gasteiger partial charge < -0.3 is 4.90 Å². The maximum atomic E-state index is 12.5. The fourth-order valence-corrected chi connectivity index (χ4v) is 2.85. The molecule has 1 amide bonds. The molecular formula is C16H23ClN2O. The Kier molecular flexibility index (Phi) is 5.06. The van der Waals surface area contributed by atoms with Crippen LogP contribution in [0.15, 0.2) is 24.3 Å². The van der Waals surface area contributed by atoms with Crippen molar-refractivity contribution >= 4 is 17.5 Å². The summed E-state index contributed by atoms with van der Waals surface area (Å²) < 4.78 is 0. The zero-order valence-electron chi connectivity index (χ0n) is 12.4. The number of hydrogen-bond donors (Lipinski definition) is 1. The average Bonchev–Trinajstić information content (AvgIpc) is 2.69. The van der Waals surface area contributed by atoms with Crippen LogP contribution in [0, 0.1) is 5.92 Å². The highest BCUT2D eigenvalue weighted by Gasteiger charge is 2.38. The molecule has 1 N–H and O–H groups in total. The highest BCUT2D eigenvalue weighted by molar-refractivity contribution is 6.30. The summed E-state index contributed by atoms with van der Waals surface area (Å²) in [5, 5.41) is 4.20. The van der Waals surface area contributed by atoms with Crippen LogP contribution in [0.2, 0.25) is 5.02 Å². The molecule has 2 rings (SSSR count). The van der Waals surface area contributed by atoms with Crippen LogP contribution < -0.4 is 5.32 Å². The van der Waals surface area contributed by atoms with Gasteiger partial charge in [0, 0.05) is 11.6 Å². The Labute approximate surface area is 126 Å². The molecule has 0 aromatic heterocycles. The van der Waals surface area contributed by atoms with Gasteiger partial charge in [-0.05, 0) is 36.5 Å². The minimum atomic E-state index is -0.0674. The summed E-state index contributed by atoms with van der Waals surface area (Å²) in [4.78, 5) is 14.5. The van der Waals surface area contributed by atoms with E-state index in [4.69, 9.17) is 11.6 Å². The molecule has 0 spiro atoms. The first-order valence-electron chi connectivity index (χ1n) is 7.35. The normalized spacial score (nSPS) is 22.9. The number of benzene rings is 1. The number of carbonyl (C=O) groups excluding carboxylic acids is 1. The Morgan fingerprint density at radius 1 is 1.30 bits per heavy atom. The van der Waals surface area contributed by atoms with Gasteiger partial charge in [-0.15, -0.1) is 0 Å². The van der Waals surface area contributed by atoms with Crippen LogP contribution >= 0.6 is 11.6 Å². The van der Waals surface area contributed by atoms with E-state index in [-0.39, 0.29) is 18.1 Å². The Balaban J connectivity index is 2.21. The highest BCUT2D eigenvalue weighted by Crippen LogP contribution is 2.28. The summed E-state index contributed by atoms with van der Waals surface area (Å²) in [5.74, 6) is 0.726. The smallest absolute Gasteiger partial charge is 0.241 e. The van der Waals surface area contributed by atoms with Gasteiger partial charge in [-0.1, -0.05) is 44.5 Å². The van der Waals surface area contributed by atoms with Gasteiger partial charge in [0.05, 0.1) is 6.04 Å². The fraction of sp³-hybridized carbons (Fsp3) is 0.562. The summed E-state index contributed by atoms with van der Waals surface area (Å²) in [6.45, 7) is 7.18. The monoisotopic (exact) mass is 294 g/mol. The van der Waals surface area contributed by atoms with E-state index in [1.807, 2.05) is 29.2 Å². The summed E-state index contributed by atoms with van der Waals surface area (Å²) >= 11 is 5.94. The minimum absolute atomic E-state index is 0.0246. The van der Waals surface area contributed by atoms with Crippen LogP contribution in [0.25, 0.3) is 0 Å². The van der Waals surface area contributed by atoms with Crippen molar-refractivity contribution in [2.24, 2.45) is 5.92 Å². The topological polar surface area (TPSA) is 32.3 Å². The molecule has 0 saturated carbocycles. The predicted molar refractivity (Wildman–Crippen MR) is 82.6 cm³/mol. The Bertz CT molecular complexity index is 458. The number of amides is 1. The van der Waals surface area contributed by atoms with Gasteiger partial charge in [0.15, 0.2) is 0 Å². The molecule has 1 fully saturated rings. The maximum Gasteiger partial charge on any atom is 0.241 e. The third-order valence-corrected chi connectivity index (χ3v) is 3.86. The lowest BCUT2D eigenvalue weighted by molar-refractivity contribution is -0.130. The molecule has 20 heavy (non-hydrogen) atoms. The second kappa shape index (κ2) is 6.59. The van der Waals surface area contributed by atoms with E-state index in [0.717, 1.165) is 30.0 Å². The molecule has 0 radical (unpaired) electrons. The van der Waals surface area contributed by atoms with Gasteiger partial charge in [-0.3, -0.25) is 10.1 Å². The van der Waals surface area contributed by atoms with Crippen molar-refractivity contribution in [3.8, 4) is 0 Å². The van der Waals surface area contributed by atoms with Crippen LogP contribution in [-0.2, 0) is 4.79 Å². The van der Waals surface area contributed by atoms with E-state index < -0.39 is 0 Å². The van der Waals surface area contributed by atoms with E-state index >= 15 is 0 Å². The molecular weight excluding hydrogens is 272 g/mol. The molecule has 1 aliphatic heterocycles. The molecule has 2 unspecified atom stereocenters. The van der Waals surface area contributed by atoms with Gasteiger partial charge in [-0.2, -0.15) is 0 Å². The van der Waals surface area contributed by atoms with Crippen molar-refractivity contribution in [2.75, 3.05) is 6.54 Å². The molecule has 0 aliphatic carbocycles. The predicted octanol–water partition coefficient (Wildman–Crippen LogP) is 3.60. The van der Waals surface area contributed by atoms with Gasteiger partial charge in [-0.25, -0.2) is 0 Å². The molecule has 1 aliphatic rings. The zero-order valence-corrected chi connectivity index (χ0v) is 13.2. The molecule has 3 nitrogen and oxygen atoms in total. The second-order valence-electron chi connectivity index (χ2n) is 5.83. The van der Waals surface area contributed by atoms with Gasteiger partial charge in [0.2, 0.25) is 5.91 Å². The van der Waals surface area contributed by atoms with Gasteiger partial charge in [0.1, 0.15) is 6.17 Å². The van der Waals surface area contributed by atoms with Gasteiger partial charge in [0.25, 0.3) is 0 Å². The van der Waals surface area contributed by atoms with Crippen LogP contribution in [0.1, 0.15) is 45.3 Å². The Hall–Kier alpha value is -1.06. The minimum Gasteiger partial charge on any atom is -0.322 e. The van der Waals surface area contributed by atoms with Crippen molar-refractivity contribution in [3.05, 3.63) is 34.9 Å². The first-order valence-corrected chi connectivity index (χ1v) is 7.72.